The Labute approximate surface area is 157 Å². The minimum atomic E-state index is 0.460. The second-order valence-electron chi connectivity index (χ2n) is 8.10. The van der Waals surface area contributed by atoms with Gasteiger partial charge < -0.3 is 5.11 Å². The van der Waals surface area contributed by atoms with Crippen LogP contribution in [0.5, 0.6) is 5.75 Å². The van der Waals surface area contributed by atoms with Crippen molar-refractivity contribution in [2.24, 2.45) is 0 Å². The number of aromatic hydroxyl groups is 1. The molecule has 1 aromatic carbocycles. The van der Waals surface area contributed by atoms with Crippen LogP contribution >= 0.6 is 0 Å². The average molecular weight is 347 g/mol. The molecule has 0 bridgehead atoms. The van der Waals surface area contributed by atoms with Gasteiger partial charge in [-0.25, -0.2) is 0 Å². The standard InChI is InChI=1S/C24H42O/c1-5-6-7-8-9-10-11-12-13-14-15-16-17-21(3)23-19-20(2)18-22(4)24(23)25/h18-19,21,25H,5-17H2,1-4H3. The van der Waals surface area contributed by atoms with Crippen molar-refractivity contribution in [2.45, 2.75) is 117 Å². The van der Waals surface area contributed by atoms with Crippen LogP contribution in [0.15, 0.2) is 12.1 Å². The smallest absolute Gasteiger partial charge is 0.121 e. The van der Waals surface area contributed by atoms with Gasteiger partial charge in [-0.2, -0.15) is 0 Å². The number of rotatable bonds is 14. The third-order valence-electron chi connectivity index (χ3n) is 5.50. The minimum absolute atomic E-state index is 0.460. The maximum absolute atomic E-state index is 10.3. The Kier molecular flexibility index (Phi) is 11.7. The number of phenolic OH excluding ortho intramolecular Hbond substituents is 1. The largest absolute Gasteiger partial charge is 0.507 e. The van der Waals surface area contributed by atoms with Crippen molar-refractivity contribution in [3.05, 3.63) is 28.8 Å². The highest BCUT2D eigenvalue weighted by atomic mass is 16.3. The first-order valence-corrected chi connectivity index (χ1v) is 10.9. The molecule has 25 heavy (non-hydrogen) atoms. The molecule has 1 atom stereocenters. The third-order valence-corrected chi connectivity index (χ3v) is 5.50. The topological polar surface area (TPSA) is 20.2 Å². The van der Waals surface area contributed by atoms with Gasteiger partial charge in [-0.3, -0.25) is 0 Å². The van der Waals surface area contributed by atoms with E-state index in [9.17, 15) is 5.11 Å². The van der Waals surface area contributed by atoms with Crippen molar-refractivity contribution in [3.63, 3.8) is 0 Å². The van der Waals surface area contributed by atoms with E-state index in [1.165, 1.54) is 89.0 Å². The summed E-state index contributed by atoms with van der Waals surface area (Å²) in [6.07, 6.45) is 18.0. The van der Waals surface area contributed by atoms with Crippen molar-refractivity contribution < 1.29 is 5.11 Å². The lowest BCUT2D eigenvalue weighted by atomic mass is 9.91. The molecule has 0 aliphatic heterocycles. The Morgan fingerprint density at radius 2 is 1.24 bits per heavy atom. The van der Waals surface area contributed by atoms with Gasteiger partial charge >= 0.3 is 0 Å². The second kappa shape index (κ2) is 13.3. The Balaban J connectivity index is 2.05. The predicted octanol–water partition coefficient (Wildman–Crippen LogP) is 8.20. The Morgan fingerprint density at radius 1 is 0.760 bits per heavy atom. The fourth-order valence-corrected chi connectivity index (χ4v) is 3.82. The number of benzene rings is 1. The van der Waals surface area contributed by atoms with Crippen molar-refractivity contribution in [3.8, 4) is 5.75 Å². The van der Waals surface area contributed by atoms with Gasteiger partial charge in [-0.05, 0) is 37.3 Å². The maximum Gasteiger partial charge on any atom is 0.121 e. The SMILES string of the molecule is CCCCCCCCCCCCCCC(C)c1cc(C)cc(C)c1O. The molecule has 0 saturated carbocycles. The molecule has 1 N–H and O–H groups in total. The fraction of sp³-hybridized carbons (Fsp3) is 0.750. The van der Waals surface area contributed by atoms with E-state index in [2.05, 4.69) is 32.9 Å². The minimum Gasteiger partial charge on any atom is -0.507 e. The van der Waals surface area contributed by atoms with E-state index < -0.39 is 0 Å². The normalized spacial score (nSPS) is 12.5. The zero-order valence-electron chi connectivity index (χ0n) is 17.4. The first kappa shape index (κ1) is 22.1. The summed E-state index contributed by atoms with van der Waals surface area (Å²) in [5.74, 6) is 0.971. The monoisotopic (exact) mass is 346 g/mol. The molecule has 0 aromatic heterocycles. The van der Waals surface area contributed by atoms with Crippen LogP contribution in [0, 0.1) is 13.8 Å². The van der Waals surface area contributed by atoms with Gasteiger partial charge in [-0.15, -0.1) is 0 Å². The summed E-state index contributed by atoms with van der Waals surface area (Å²) in [7, 11) is 0. The van der Waals surface area contributed by atoms with Crippen LogP contribution in [-0.4, -0.2) is 5.11 Å². The van der Waals surface area contributed by atoms with Crippen molar-refractivity contribution in [1.29, 1.82) is 0 Å². The highest BCUT2D eigenvalue weighted by Gasteiger charge is 2.12. The maximum atomic E-state index is 10.3. The van der Waals surface area contributed by atoms with Gasteiger partial charge in [0.1, 0.15) is 5.75 Å². The molecule has 0 amide bonds. The lowest BCUT2D eigenvalue weighted by Gasteiger charge is -2.16. The molecule has 0 heterocycles. The average Bonchev–Trinajstić information content (AvgIpc) is 2.58. The van der Waals surface area contributed by atoms with Crippen LogP contribution in [0.25, 0.3) is 0 Å². The zero-order chi connectivity index (χ0) is 18.5. The molecule has 0 radical (unpaired) electrons. The summed E-state index contributed by atoms with van der Waals surface area (Å²) in [5, 5.41) is 10.3. The van der Waals surface area contributed by atoms with E-state index in [1.54, 1.807) is 0 Å². The molecule has 0 aliphatic carbocycles. The van der Waals surface area contributed by atoms with Crippen molar-refractivity contribution in [1.82, 2.24) is 0 Å². The van der Waals surface area contributed by atoms with E-state index >= 15 is 0 Å². The van der Waals surface area contributed by atoms with Crippen LogP contribution in [0.2, 0.25) is 0 Å². The third kappa shape index (κ3) is 9.33. The van der Waals surface area contributed by atoms with Crippen molar-refractivity contribution >= 4 is 0 Å². The van der Waals surface area contributed by atoms with E-state index in [0.29, 0.717) is 11.7 Å². The molecule has 144 valence electrons. The number of aryl methyl sites for hydroxylation is 2. The zero-order valence-corrected chi connectivity index (χ0v) is 17.4. The second-order valence-corrected chi connectivity index (χ2v) is 8.10. The highest BCUT2D eigenvalue weighted by molar-refractivity contribution is 5.44. The van der Waals surface area contributed by atoms with Crippen LogP contribution in [0.1, 0.15) is 120 Å². The molecule has 1 aromatic rings. The molecular weight excluding hydrogens is 304 g/mol. The Morgan fingerprint density at radius 3 is 1.76 bits per heavy atom. The highest BCUT2D eigenvalue weighted by Crippen LogP contribution is 2.33. The van der Waals surface area contributed by atoms with Gasteiger partial charge in [0.2, 0.25) is 0 Å². The summed E-state index contributed by atoms with van der Waals surface area (Å²) in [6, 6.07) is 4.23. The molecule has 0 spiro atoms. The molecule has 1 nitrogen and oxygen atoms in total. The summed E-state index contributed by atoms with van der Waals surface area (Å²) < 4.78 is 0. The first-order chi connectivity index (χ1) is 12.1. The van der Waals surface area contributed by atoms with Crippen LogP contribution in [-0.2, 0) is 0 Å². The Hall–Kier alpha value is -0.980. The number of phenols is 1. The lowest BCUT2D eigenvalue weighted by Crippen LogP contribution is -1.97. The van der Waals surface area contributed by atoms with E-state index in [-0.39, 0.29) is 0 Å². The van der Waals surface area contributed by atoms with E-state index in [0.717, 1.165) is 11.1 Å². The van der Waals surface area contributed by atoms with Crippen molar-refractivity contribution in [2.75, 3.05) is 0 Å². The van der Waals surface area contributed by atoms with E-state index in [4.69, 9.17) is 0 Å². The summed E-state index contributed by atoms with van der Waals surface area (Å²) in [6.45, 7) is 8.66. The lowest BCUT2D eigenvalue weighted by molar-refractivity contribution is 0.453. The van der Waals surface area contributed by atoms with Gasteiger partial charge in [0, 0.05) is 0 Å². The molecule has 0 saturated heterocycles. The quantitative estimate of drug-likeness (QED) is 0.336. The first-order valence-electron chi connectivity index (χ1n) is 10.9. The van der Waals surface area contributed by atoms with Gasteiger partial charge in [0.15, 0.2) is 0 Å². The predicted molar refractivity (Wildman–Crippen MR) is 112 cm³/mol. The van der Waals surface area contributed by atoms with Crippen LogP contribution < -0.4 is 0 Å². The van der Waals surface area contributed by atoms with Crippen LogP contribution in [0.4, 0.5) is 0 Å². The van der Waals surface area contributed by atoms with Crippen LogP contribution in [0.3, 0.4) is 0 Å². The molecule has 0 aliphatic rings. The summed E-state index contributed by atoms with van der Waals surface area (Å²) >= 11 is 0. The summed E-state index contributed by atoms with van der Waals surface area (Å²) in [4.78, 5) is 0. The number of unbranched alkanes of at least 4 members (excludes halogenated alkanes) is 11. The van der Waals surface area contributed by atoms with Gasteiger partial charge in [-0.1, -0.05) is 109 Å². The Bertz CT molecular complexity index is 463. The molecular formula is C24H42O. The summed E-state index contributed by atoms with van der Waals surface area (Å²) in [5.41, 5.74) is 3.41. The fourth-order valence-electron chi connectivity index (χ4n) is 3.82. The number of hydrogen-bond acceptors (Lipinski definition) is 1. The van der Waals surface area contributed by atoms with Gasteiger partial charge in [0.05, 0.1) is 0 Å². The van der Waals surface area contributed by atoms with E-state index in [1.807, 2.05) is 6.92 Å². The van der Waals surface area contributed by atoms with Gasteiger partial charge in [0.25, 0.3) is 0 Å². The molecule has 1 rings (SSSR count). The molecule has 1 unspecified atom stereocenters. The molecule has 0 fully saturated rings. The molecule has 1 heteroatoms. The number of hydrogen-bond donors (Lipinski definition) is 1.